The van der Waals surface area contributed by atoms with Gasteiger partial charge in [-0.2, -0.15) is 0 Å². The molecule has 4 heteroatoms. The average Bonchev–Trinajstić information content (AvgIpc) is 2.68. The summed E-state index contributed by atoms with van der Waals surface area (Å²) in [6.45, 7) is 2.66. The van der Waals surface area contributed by atoms with Crippen molar-refractivity contribution >= 4 is 23.3 Å². The molecule has 1 atom stereocenters. The van der Waals surface area contributed by atoms with Gasteiger partial charge in [0.2, 0.25) is 0 Å². The van der Waals surface area contributed by atoms with E-state index in [4.69, 9.17) is 11.5 Å². The maximum atomic E-state index is 5.82. The fraction of sp³-hybridized carbons (Fsp3) is 0.385. The van der Waals surface area contributed by atoms with Crippen LogP contribution in [0.5, 0.6) is 0 Å². The minimum absolute atomic E-state index is 0. The molecular formula is C13H20ClN3. The Morgan fingerprint density at radius 1 is 1.35 bits per heavy atom. The summed E-state index contributed by atoms with van der Waals surface area (Å²) in [4.78, 5) is 3.30. The van der Waals surface area contributed by atoms with Gasteiger partial charge >= 0.3 is 0 Å². The first kappa shape index (κ1) is 14.0. The highest BCUT2D eigenvalue weighted by Crippen LogP contribution is 2.20. The second-order valence-corrected chi connectivity index (χ2v) is 4.40. The van der Waals surface area contributed by atoms with Crippen LogP contribution in [0.25, 0.3) is 10.9 Å². The first-order chi connectivity index (χ1) is 7.70. The first-order valence-corrected chi connectivity index (χ1v) is 5.73. The summed E-state index contributed by atoms with van der Waals surface area (Å²) in [5.41, 5.74) is 15.1. The van der Waals surface area contributed by atoms with E-state index in [1.807, 2.05) is 0 Å². The number of benzene rings is 1. The summed E-state index contributed by atoms with van der Waals surface area (Å²) in [5, 5.41) is 1.30. The highest BCUT2D eigenvalue weighted by molar-refractivity contribution is 5.85. The normalized spacial score (nSPS) is 12.4. The van der Waals surface area contributed by atoms with E-state index in [2.05, 4.69) is 36.3 Å². The standard InChI is InChI=1S/C13H19N3.ClH/c1-9-2-5-12-10(3-4-11(15)7-14)8-16-13(12)6-9;/h2,5-6,8,11,16H,3-4,7,14-15H2,1H3;1H. The molecule has 0 aliphatic carbocycles. The quantitative estimate of drug-likeness (QED) is 0.781. The summed E-state index contributed by atoms with van der Waals surface area (Å²) in [7, 11) is 0. The second kappa shape index (κ2) is 6.05. The fourth-order valence-corrected chi connectivity index (χ4v) is 1.97. The van der Waals surface area contributed by atoms with Crippen molar-refractivity contribution in [2.75, 3.05) is 6.54 Å². The number of fused-ring (bicyclic) bond motifs is 1. The number of hydrogen-bond donors (Lipinski definition) is 3. The SMILES string of the molecule is Cc1ccc2c(CCC(N)CN)c[nH]c2c1.Cl. The highest BCUT2D eigenvalue weighted by Gasteiger charge is 2.05. The molecule has 1 aromatic heterocycles. The van der Waals surface area contributed by atoms with Crippen LogP contribution in [-0.2, 0) is 6.42 Å². The molecule has 0 saturated carbocycles. The van der Waals surface area contributed by atoms with Crippen LogP contribution in [0.3, 0.4) is 0 Å². The van der Waals surface area contributed by atoms with Crippen molar-refractivity contribution in [1.82, 2.24) is 4.98 Å². The predicted molar refractivity (Wildman–Crippen MR) is 75.6 cm³/mol. The van der Waals surface area contributed by atoms with Crippen LogP contribution in [0, 0.1) is 6.92 Å². The minimum atomic E-state index is 0. The van der Waals surface area contributed by atoms with E-state index in [9.17, 15) is 0 Å². The number of rotatable bonds is 4. The number of aryl methyl sites for hydroxylation is 2. The third kappa shape index (κ3) is 3.22. The first-order valence-electron chi connectivity index (χ1n) is 5.73. The van der Waals surface area contributed by atoms with Gasteiger partial charge in [0.05, 0.1) is 0 Å². The summed E-state index contributed by atoms with van der Waals surface area (Å²) in [6.07, 6.45) is 4.01. The molecule has 0 amide bonds. The molecule has 0 aliphatic heterocycles. The van der Waals surface area contributed by atoms with Crippen molar-refractivity contribution < 1.29 is 0 Å². The number of H-pyrrole nitrogens is 1. The molecule has 1 aromatic carbocycles. The van der Waals surface area contributed by atoms with E-state index >= 15 is 0 Å². The molecule has 0 saturated heterocycles. The lowest BCUT2D eigenvalue weighted by Gasteiger charge is -2.07. The number of aromatic amines is 1. The van der Waals surface area contributed by atoms with Crippen LogP contribution in [0.1, 0.15) is 17.5 Å². The molecule has 5 N–H and O–H groups in total. The molecule has 0 spiro atoms. The van der Waals surface area contributed by atoms with Crippen LogP contribution in [0.4, 0.5) is 0 Å². The lowest BCUT2D eigenvalue weighted by atomic mass is 10.0. The summed E-state index contributed by atoms with van der Waals surface area (Å²) >= 11 is 0. The predicted octanol–water partition coefficient (Wildman–Crippen LogP) is 2.12. The number of hydrogen-bond acceptors (Lipinski definition) is 2. The summed E-state index contributed by atoms with van der Waals surface area (Å²) in [6, 6.07) is 6.59. The van der Waals surface area contributed by atoms with Crippen molar-refractivity contribution in [2.45, 2.75) is 25.8 Å². The number of nitrogens with two attached hydrogens (primary N) is 2. The van der Waals surface area contributed by atoms with Crippen molar-refractivity contribution in [1.29, 1.82) is 0 Å². The van der Waals surface area contributed by atoms with Crippen molar-refractivity contribution in [3.8, 4) is 0 Å². The smallest absolute Gasteiger partial charge is 0.0459 e. The van der Waals surface area contributed by atoms with E-state index < -0.39 is 0 Å². The Hall–Kier alpha value is -1.03. The fourth-order valence-electron chi connectivity index (χ4n) is 1.97. The summed E-state index contributed by atoms with van der Waals surface area (Å²) < 4.78 is 0. The van der Waals surface area contributed by atoms with E-state index in [0.717, 1.165) is 12.8 Å². The molecule has 94 valence electrons. The van der Waals surface area contributed by atoms with Crippen LogP contribution in [-0.4, -0.2) is 17.6 Å². The van der Waals surface area contributed by atoms with Gasteiger partial charge in [-0.05, 0) is 37.0 Å². The Kier molecular flexibility index (Phi) is 5.00. The molecule has 0 fully saturated rings. The van der Waals surface area contributed by atoms with E-state index in [1.165, 1.54) is 22.0 Å². The zero-order chi connectivity index (χ0) is 11.5. The highest BCUT2D eigenvalue weighted by atomic mass is 35.5. The Morgan fingerprint density at radius 2 is 2.12 bits per heavy atom. The van der Waals surface area contributed by atoms with Crippen LogP contribution < -0.4 is 11.5 Å². The second-order valence-electron chi connectivity index (χ2n) is 4.40. The minimum Gasteiger partial charge on any atom is -0.361 e. The van der Waals surface area contributed by atoms with Gasteiger partial charge < -0.3 is 16.5 Å². The van der Waals surface area contributed by atoms with Gasteiger partial charge in [-0.1, -0.05) is 12.1 Å². The van der Waals surface area contributed by atoms with Gasteiger partial charge in [0.1, 0.15) is 0 Å². The molecule has 0 aliphatic rings. The van der Waals surface area contributed by atoms with Gasteiger partial charge in [-0.3, -0.25) is 0 Å². The molecule has 0 radical (unpaired) electrons. The number of aromatic nitrogens is 1. The average molecular weight is 254 g/mol. The Labute approximate surface area is 108 Å². The van der Waals surface area contributed by atoms with Gasteiger partial charge in [0.25, 0.3) is 0 Å². The lowest BCUT2D eigenvalue weighted by molar-refractivity contribution is 0.624. The third-order valence-electron chi connectivity index (χ3n) is 3.01. The number of nitrogens with one attached hydrogen (secondary N) is 1. The maximum absolute atomic E-state index is 5.82. The largest absolute Gasteiger partial charge is 0.361 e. The molecule has 3 nitrogen and oxygen atoms in total. The maximum Gasteiger partial charge on any atom is 0.0459 e. The van der Waals surface area contributed by atoms with Crippen LogP contribution in [0.15, 0.2) is 24.4 Å². The zero-order valence-electron chi connectivity index (χ0n) is 10.1. The van der Waals surface area contributed by atoms with Gasteiger partial charge in [-0.15, -0.1) is 12.4 Å². The molecule has 2 rings (SSSR count). The Bertz CT molecular complexity index is 478. The molecule has 17 heavy (non-hydrogen) atoms. The lowest BCUT2D eigenvalue weighted by Crippen LogP contribution is -2.29. The molecular weight excluding hydrogens is 234 g/mol. The van der Waals surface area contributed by atoms with Crippen LogP contribution >= 0.6 is 12.4 Å². The van der Waals surface area contributed by atoms with Crippen molar-refractivity contribution in [3.63, 3.8) is 0 Å². The van der Waals surface area contributed by atoms with Gasteiger partial charge in [0, 0.05) is 29.7 Å². The van der Waals surface area contributed by atoms with Crippen molar-refractivity contribution in [3.05, 3.63) is 35.5 Å². The van der Waals surface area contributed by atoms with E-state index in [-0.39, 0.29) is 18.4 Å². The topological polar surface area (TPSA) is 67.8 Å². The zero-order valence-corrected chi connectivity index (χ0v) is 10.9. The van der Waals surface area contributed by atoms with Crippen molar-refractivity contribution in [2.24, 2.45) is 11.5 Å². The Morgan fingerprint density at radius 3 is 2.82 bits per heavy atom. The molecule has 2 aromatic rings. The van der Waals surface area contributed by atoms with E-state index in [0.29, 0.717) is 6.54 Å². The van der Waals surface area contributed by atoms with Gasteiger partial charge in [-0.25, -0.2) is 0 Å². The monoisotopic (exact) mass is 253 g/mol. The molecule has 0 bridgehead atoms. The third-order valence-corrected chi connectivity index (χ3v) is 3.01. The molecule has 1 heterocycles. The van der Waals surface area contributed by atoms with Gasteiger partial charge in [0.15, 0.2) is 0 Å². The summed E-state index contributed by atoms with van der Waals surface area (Å²) in [5.74, 6) is 0. The number of halogens is 1. The Balaban J connectivity index is 0.00000144. The van der Waals surface area contributed by atoms with Crippen LogP contribution in [0.2, 0.25) is 0 Å². The van der Waals surface area contributed by atoms with E-state index in [1.54, 1.807) is 0 Å². The molecule has 1 unspecified atom stereocenters.